The van der Waals surface area contributed by atoms with Gasteiger partial charge in [0.15, 0.2) is 0 Å². The largest absolute Gasteiger partial charge is 0.350 e. The van der Waals surface area contributed by atoms with Gasteiger partial charge >= 0.3 is 0 Å². The van der Waals surface area contributed by atoms with Gasteiger partial charge in [-0.3, -0.25) is 9.79 Å². The van der Waals surface area contributed by atoms with Crippen molar-refractivity contribution in [3.05, 3.63) is 53.0 Å². The molecule has 0 aliphatic heterocycles. The van der Waals surface area contributed by atoms with E-state index in [0.29, 0.717) is 12.1 Å². The predicted octanol–water partition coefficient (Wildman–Crippen LogP) is 4.12. The number of rotatable bonds is 10. The minimum atomic E-state index is -0.434. The Labute approximate surface area is 153 Å². The number of allylic oxidation sites excluding steroid dienone is 3. The van der Waals surface area contributed by atoms with Gasteiger partial charge in [0.1, 0.15) is 5.82 Å². The van der Waals surface area contributed by atoms with Crippen molar-refractivity contribution < 1.29 is 9.18 Å². The molecule has 0 radical (unpaired) electrons. The third-order valence-corrected chi connectivity index (χ3v) is 4.19. The molecule has 1 unspecified atom stereocenters. The lowest BCUT2D eigenvalue weighted by molar-refractivity contribution is -0.121. The number of hydrogen-bond donors (Lipinski definition) is 1. The van der Waals surface area contributed by atoms with Gasteiger partial charge in [0.2, 0.25) is 5.91 Å². The van der Waals surface area contributed by atoms with Crippen molar-refractivity contribution in [3.63, 3.8) is 0 Å². The van der Waals surface area contributed by atoms with Crippen molar-refractivity contribution in [1.82, 2.24) is 10.3 Å². The van der Waals surface area contributed by atoms with E-state index in [1.165, 1.54) is 6.07 Å². The molecule has 0 bridgehead atoms. The third-order valence-electron chi connectivity index (χ3n) is 3.26. The number of carbonyl (C=O) groups is 1. The molecule has 1 rings (SSSR count). The number of nitrogens with one attached hydrogen (secondary N) is 1. The second-order valence-corrected chi connectivity index (χ2v) is 7.17. The van der Waals surface area contributed by atoms with E-state index in [1.54, 1.807) is 31.1 Å². The number of pyridine rings is 1. The summed E-state index contributed by atoms with van der Waals surface area (Å²) in [6, 6.07) is 2.88. The highest BCUT2D eigenvalue weighted by atomic mass is 32.2. The van der Waals surface area contributed by atoms with Gasteiger partial charge in [0, 0.05) is 25.4 Å². The first-order chi connectivity index (χ1) is 11.9. The summed E-state index contributed by atoms with van der Waals surface area (Å²) < 4.78 is 13.7. The molecule has 136 valence electrons. The Morgan fingerprint density at radius 1 is 1.52 bits per heavy atom. The van der Waals surface area contributed by atoms with Crippen molar-refractivity contribution in [1.29, 1.82) is 0 Å². The number of thioether (sulfide) groups is 1. The van der Waals surface area contributed by atoms with Crippen LogP contribution in [-0.4, -0.2) is 29.9 Å². The van der Waals surface area contributed by atoms with Crippen LogP contribution in [0.4, 0.5) is 4.39 Å². The lowest BCUT2D eigenvalue weighted by Crippen LogP contribution is -2.25. The molecule has 1 heterocycles. The van der Waals surface area contributed by atoms with E-state index in [4.69, 9.17) is 0 Å². The molecule has 0 fully saturated rings. The molecule has 6 heteroatoms. The van der Waals surface area contributed by atoms with Crippen LogP contribution in [-0.2, 0) is 11.3 Å². The maximum Gasteiger partial charge on any atom is 0.220 e. The van der Waals surface area contributed by atoms with E-state index in [-0.39, 0.29) is 24.1 Å². The van der Waals surface area contributed by atoms with Crippen LogP contribution >= 0.6 is 11.8 Å². The Balaban J connectivity index is 2.40. The molecule has 1 N–H and O–H groups in total. The quantitative estimate of drug-likeness (QED) is 0.386. The molecule has 1 aromatic heterocycles. The summed E-state index contributed by atoms with van der Waals surface area (Å²) in [4.78, 5) is 21.1. The molecular weight excluding hydrogens is 337 g/mol. The highest BCUT2D eigenvalue weighted by Crippen LogP contribution is 2.13. The Morgan fingerprint density at radius 3 is 2.96 bits per heavy atom. The number of nitrogens with zero attached hydrogens (tertiary/aromatic N) is 2. The number of halogens is 1. The summed E-state index contributed by atoms with van der Waals surface area (Å²) in [5.74, 6) is 0.569. The molecule has 1 aromatic rings. The van der Waals surface area contributed by atoms with E-state index in [1.807, 2.05) is 19.9 Å². The highest BCUT2D eigenvalue weighted by Gasteiger charge is 2.09. The van der Waals surface area contributed by atoms with E-state index in [2.05, 4.69) is 27.9 Å². The number of amides is 1. The summed E-state index contributed by atoms with van der Waals surface area (Å²) in [5.41, 5.74) is 0.780. The summed E-state index contributed by atoms with van der Waals surface area (Å²) in [6.07, 6.45) is 6.98. The van der Waals surface area contributed by atoms with Crippen LogP contribution in [0, 0.1) is 11.7 Å². The molecular formula is C19H26FN3OS. The smallest absolute Gasteiger partial charge is 0.220 e. The zero-order chi connectivity index (χ0) is 18.7. The lowest BCUT2D eigenvalue weighted by Gasteiger charge is -2.09. The second-order valence-electron chi connectivity index (χ2n) is 5.78. The van der Waals surface area contributed by atoms with E-state index in [9.17, 15) is 9.18 Å². The Bertz CT molecular complexity index is 644. The number of carbonyl (C=O) groups excluding carboxylic acids is 1. The molecule has 1 atom stereocenters. The molecule has 25 heavy (non-hydrogen) atoms. The molecule has 0 aromatic carbocycles. The van der Waals surface area contributed by atoms with Gasteiger partial charge in [0.25, 0.3) is 0 Å². The molecule has 0 aliphatic carbocycles. The van der Waals surface area contributed by atoms with E-state index in [0.717, 1.165) is 17.1 Å². The van der Waals surface area contributed by atoms with Gasteiger partial charge in [-0.1, -0.05) is 25.7 Å². The van der Waals surface area contributed by atoms with Crippen molar-refractivity contribution in [2.75, 3.05) is 12.8 Å². The third kappa shape index (κ3) is 9.19. The molecule has 0 spiro atoms. The van der Waals surface area contributed by atoms with Gasteiger partial charge in [-0.25, -0.2) is 9.37 Å². The zero-order valence-electron chi connectivity index (χ0n) is 15.1. The van der Waals surface area contributed by atoms with Crippen molar-refractivity contribution in [3.8, 4) is 0 Å². The van der Waals surface area contributed by atoms with Crippen LogP contribution in [0.2, 0.25) is 0 Å². The van der Waals surface area contributed by atoms with Crippen molar-refractivity contribution in [2.24, 2.45) is 10.9 Å². The summed E-state index contributed by atoms with van der Waals surface area (Å²) >= 11 is 1.73. The molecule has 0 aliphatic rings. The fourth-order valence-electron chi connectivity index (χ4n) is 2.07. The monoisotopic (exact) mass is 363 g/mol. The average Bonchev–Trinajstić information content (AvgIpc) is 2.55. The lowest BCUT2D eigenvalue weighted by atomic mass is 10.1. The number of aromatic nitrogens is 1. The standard InChI is InChI=1S/C19H26FN3OS/c1-14(2)25-10-6-5-7-15(3)11-19(24)22-13-18-17(20)9-8-16(23-18)12-21-4/h5,7-9,12,15H,1,6,10-11,13H2,2-4H3,(H,22,24)/b7-5+,21-12?. The maximum atomic E-state index is 13.7. The first-order valence-electron chi connectivity index (χ1n) is 8.21. The van der Waals surface area contributed by atoms with E-state index >= 15 is 0 Å². The molecule has 1 amide bonds. The van der Waals surface area contributed by atoms with Gasteiger partial charge in [-0.2, -0.15) is 0 Å². The highest BCUT2D eigenvalue weighted by molar-refractivity contribution is 8.03. The van der Waals surface area contributed by atoms with Crippen LogP contribution in [0.15, 0.2) is 40.8 Å². The first-order valence-corrected chi connectivity index (χ1v) is 9.20. The summed E-state index contributed by atoms with van der Waals surface area (Å²) in [6.45, 7) is 7.89. The Morgan fingerprint density at radius 2 is 2.28 bits per heavy atom. The fraction of sp³-hybridized carbons (Fsp3) is 0.421. The Hall–Kier alpha value is -1.95. The Kier molecular flexibility index (Phi) is 9.77. The van der Waals surface area contributed by atoms with Gasteiger partial charge in [0.05, 0.1) is 17.9 Å². The SMILES string of the molecule is C=C(C)SCC/C=C/C(C)CC(=O)NCc1nc(C=NC)ccc1F. The summed E-state index contributed by atoms with van der Waals surface area (Å²) in [5, 5.41) is 2.72. The number of hydrogen-bond acceptors (Lipinski definition) is 4. The van der Waals surface area contributed by atoms with E-state index < -0.39 is 5.82 Å². The predicted molar refractivity (Wildman–Crippen MR) is 104 cm³/mol. The van der Waals surface area contributed by atoms with Crippen LogP contribution in [0.3, 0.4) is 0 Å². The normalized spacial score (nSPS) is 12.6. The van der Waals surface area contributed by atoms with Gasteiger partial charge in [-0.15, -0.1) is 11.8 Å². The van der Waals surface area contributed by atoms with Crippen LogP contribution in [0.1, 0.15) is 38.1 Å². The topological polar surface area (TPSA) is 54.4 Å². The molecule has 0 saturated heterocycles. The van der Waals surface area contributed by atoms with Crippen LogP contribution in [0.5, 0.6) is 0 Å². The second kappa shape index (κ2) is 11.6. The molecule has 0 saturated carbocycles. The summed E-state index contributed by atoms with van der Waals surface area (Å²) in [7, 11) is 1.62. The number of aliphatic imine (C=N–C) groups is 1. The fourth-order valence-corrected chi connectivity index (χ4v) is 2.68. The minimum Gasteiger partial charge on any atom is -0.350 e. The van der Waals surface area contributed by atoms with Gasteiger partial charge in [-0.05, 0) is 36.3 Å². The van der Waals surface area contributed by atoms with Crippen LogP contribution < -0.4 is 5.32 Å². The minimum absolute atomic E-state index is 0.0712. The van der Waals surface area contributed by atoms with Crippen molar-refractivity contribution in [2.45, 2.75) is 33.2 Å². The first kappa shape index (κ1) is 21.1. The van der Waals surface area contributed by atoms with Gasteiger partial charge < -0.3 is 5.32 Å². The van der Waals surface area contributed by atoms with Crippen LogP contribution in [0.25, 0.3) is 0 Å². The molecule has 4 nitrogen and oxygen atoms in total. The average molecular weight is 364 g/mol. The zero-order valence-corrected chi connectivity index (χ0v) is 15.9. The maximum absolute atomic E-state index is 13.7. The van der Waals surface area contributed by atoms with Crippen molar-refractivity contribution >= 4 is 23.9 Å².